The molecule has 3 rings (SSSR count). The van der Waals surface area contributed by atoms with E-state index in [1.54, 1.807) is 17.0 Å². The molecule has 2 aromatic carbocycles. The van der Waals surface area contributed by atoms with Crippen molar-refractivity contribution in [2.45, 2.75) is 25.8 Å². The van der Waals surface area contributed by atoms with E-state index in [0.717, 1.165) is 8.95 Å². The summed E-state index contributed by atoms with van der Waals surface area (Å²) in [5.41, 5.74) is 0.380. The van der Waals surface area contributed by atoms with E-state index in [-0.39, 0.29) is 11.9 Å². The van der Waals surface area contributed by atoms with Crippen LogP contribution in [0, 0.1) is 0 Å². The molecule has 1 unspecified atom stereocenters. The number of nitrogens with zero attached hydrogens (tertiary/aromatic N) is 2. The molecule has 1 heterocycles. The van der Waals surface area contributed by atoms with Gasteiger partial charge in [-0.15, -0.1) is 0 Å². The normalized spacial score (nSPS) is 20.8. The molecule has 1 fully saturated rings. The number of anilines is 2. The number of rotatable bonds is 3. The molecular weight excluding hydrogens is 436 g/mol. The maximum atomic E-state index is 13.1. The Morgan fingerprint density at radius 1 is 0.875 bits per heavy atom. The summed E-state index contributed by atoms with van der Waals surface area (Å²) in [7, 11) is 0. The Morgan fingerprint density at radius 2 is 1.33 bits per heavy atom. The minimum Gasteiger partial charge on any atom is -0.279 e. The van der Waals surface area contributed by atoms with Crippen molar-refractivity contribution in [1.82, 2.24) is 0 Å². The maximum Gasteiger partial charge on any atom is 0.336 e. The Balaban J connectivity index is 2.09. The minimum atomic E-state index is -0.905. The molecule has 3 amide bonds. The van der Waals surface area contributed by atoms with Crippen LogP contribution in [0.4, 0.5) is 16.2 Å². The van der Waals surface area contributed by atoms with Crippen LogP contribution in [0.3, 0.4) is 0 Å². The van der Waals surface area contributed by atoms with Crippen molar-refractivity contribution in [3.8, 4) is 0 Å². The topological polar surface area (TPSA) is 40.6 Å². The van der Waals surface area contributed by atoms with Crippen LogP contribution in [0.25, 0.3) is 0 Å². The Kier molecular flexibility index (Phi) is 4.53. The fourth-order valence-corrected chi connectivity index (χ4v) is 3.38. The van der Waals surface area contributed by atoms with Crippen LogP contribution in [-0.4, -0.2) is 17.5 Å². The van der Waals surface area contributed by atoms with Crippen molar-refractivity contribution in [2.75, 3.05) is 9.80 Å². The zero-order valence-electron chi connectivity index (χ0n) is 13.3. The number of benzene rings is 2. The molecule has 2 aromatic rings. The molecule has 1 atom stereocenters. The van der Waals surface area contributed by atoms with E-state index in [4.69, 9.17) is 0 Å². The molecule has 0 bridgehead atoms. The first-order valence-corrected chi connectivity index (χ1v) is 9.17. The van der Waals surface area contributed by atoms with Gasteiger partial charge in [-0.3, -0.25) is 9.69 Å². The fourth-order valence-electron chi connectivity index (χ4n) is 2.85. The molecule has 4 nitrogen and oxygen atoms in total. The van der Waals surface area contributed by atoms with Gasteiger partial charge >= 0.3 is 6.03 Å². The molecule has 1 aliphatic rings. The average Bonchev–Trinajstić information content (AvgIpc) is 2.77. The molecule has 0 aromatic heterocycles. The highest BCUT2D eigenvalue weighted by Crippen LogP contribution is 2.38. The first kappa shape index (κ1) is 17.2. The number of hydrogen-bond donors (Lipinski definition) is 0. The molecule has 0 spiro atoms. The van der Waals surface area contributed by atoms with Gasteiger partial charge in [-0.2, -0.15) is 0 Å². The van der Waals surface area contributed by atoms with Gasteiger partial charge in [-0.1, -0.05) is 38.8 Å². The Bertz CT molecular complexity index is 790. The summed E-state index contributed by atoms with van der Waals surface area (Å²) in [6, 6.07) is 14.3. The third-order valence-corrected chi connectivity index (χ3v) is 5.46. The molecule has 0 radical (unpaired) electrons. The van der Waals surface area contributed by atoms with Crippen molar-refractivity contribution in [1.29, 1.82) is 0 Å². The van der Waals surface area contributed by atoms with E-state index in [1.165, 1.54) is 4.90 Å². The molecule has 1 saturated heterocycles. The SMILES string of the molecule is CCC1(C)C(=O)N(c2ccc(Br)cc2)C(=O)N1c1ccc(Br)cc1. The van der Waals surface area contributed by atoms with Gasteiger partial charge in [0.25, 0.3) is 5.91 Å². The van der Waals surface area contributed by atoms with Gasteiger partial charge in [0, 0.05) is 14.6 Å². The molecule has 24 heavy (non-hydrogen) atoms. The van der Waals surface area contributed by atoms with Gasteiger partial charge in [0.2, 0.25) is 0 Å². The zero-order valence-corrected chi connectivity index (χ0v) is 16.5. The predicted octanol–water partition coefficient (Wildman–Crippen LogP) is 5.35. The van der Waals surface area contributed by atoms with Gasteiger partial charge in [-0.05, 0) is 61.9 Å². The Labute approximate surface area is 157 Å². The third-order valence-electron chi connectivity index (χ3n) is 4.40. The maximum absolute atomic E-state index is 13.1. The van der Waals surface area contributed by atoms with Crippen LogP contribution >= 0.6 is 31.9 Å². The lowest BCUT2D eigenvalue weighted by atomic mass is 9.96. The van der Waals surface area contributed by atoms with Crippen LogP contribution in [0.1, 0.15) is 20.3 Å². The molecule has 6 heteroatoms. The lowest BCUT2D eigenvalue weighted by molar-refractivity contribution is -0.121. The van der Waals surface area contributed by atoms with Crippen LogP contribution < -0.4 is 9.80 Å². The monoisotopic (exact) mass is 450 g/mol. The highest BCUT2D eigenvalue weighted by atomic mass is 79.9. The largest absolute Gasteiger partial charge is 0.336 e. The molecule has 0 saturated carbocycles. The first-order chi connectivity index (χ1) is 11.4. The molecule has 0 aliphatic carbocycles. The van der Waals surface area contributed by atoms with Crippen molar-refractivity contribution < 1.29 is 9.59 Å². The fraction of sp³-hybridized carbons (Fsp3) is 0.222. The molecular formula is C18H16Br2N2O2. The van der Waals surface area contributed by atoms with Crippen molar-refractivity contribution in [3.63, 3.8) is 0 Å². The second kappa shape index (κ2) is 6.33. The molecule has 0 N–H and O–H groups in total. The van der Waals surface area contributed by atoms with Crippen LogP contribution in [0.5, 0.6) is 0 Å². The quantitative estimate of drug-likeness (QED) is 0.590. The van der Waals surface area contributed by atoms with Crippen molar-refractivity contribution in [2.24, 2.45) is 0 Å². The lowest BCUT2D eigenvalue weighted by Crippen LogP contribution is -2.46. The second-order valence-electron chi connectivity index (χ2n) is 5.84. The highest BCUT2D eigenvalue weighted by Gasteiger charge is 2.54. The smallest absolute Gasteiger partial charge is 0.279 e. The summed E-state index contributed by atoms with van der Waals surface area (Å²) in [5.74, 6) is -0.208. The van der Waals surface area contributed by atoms with Crippen LogP contribution in [-0.2, 0) is 4.79 Å². The third kappa shape index (κ3) is 2.67. The van der Waals surface area contributed by atoms with Crippen LogP contribution in [0.15, 0.2) is 57.5 Å². The Hall–Kier alpha value is -1.66. The van der Waals surface area contributed by atoms with E-state index < -0.39 is 5.54 Å². The van der Waals surface area contributed by atoms with E-state index >= 15 is 0 Å². The summed E-state index contributed by atoms with van der Waals surface area (Å²) in [4.78, 5) is 29.0. The van der Waals surface area contributed by atoms with E-state index in [2.05, 4.69) is 31.9 Å². The zero-order chi connectivity index (χ0) is 17.5. The number of amides is 3. The van der Waals surface area contributed by atoms with Gasteiger partial charge in [0.15, 0.2) is 0 Å². The second-order valence-corrected chi connectivity index (χ2v) is 7.67. The predicted molar refractivity (Wildman–Crippen MR) is 102 cm³/mol. The lowest BCUT2D eigenvalue weighted by Gasteiger charge is -2.30. The number of imide groups is 1. The molecule has 124 valence electrons. The Morgan fingerprint density at radius 3 is 1.79 bits per heavy atom. The summed E-state index contributed by atoms with van der Waals surface area (Å²) < 4.78 is 1.82. The molecule has 1 aliphatic heterocycles. The standard InChI is InChI=1S/C18H16Br2N2O2/c1-3-18(2)16(23)21(14-8-4-12(19)5-9-14)17(24)22(18)15-10-6-13(20)7-11-15/h4-11H,3H2,1-2H3. The number of carbonyl (C=O) groups is 2. The summed E-state index contributed by atoms with van der Waals surface area (Å²) in [6.07, 6.45) is 0.528. The van der Waals surface area contributed by atoms with Crippen molar-refractivity contribution >= 4 is 55.2 Å². The summed E-state index contributed by atoms with van der Waals surface area (Å²) >= 11 is 6.77. The number of hydrogen-bond acceptors (Lipinski definition) is 2. The first-order valence-electron chi connectivity index (χ1n) is 7.58. The summed E-state index contributed by atoms with van der Waals surface area (Å²) in [5, 5.41) is 0. The number of halogens is 2. The number of urea groups is 1. The van der Waals surface area contributed by atoms with Gasteiger partial charge in [0.05, 0.1) is 5.69 Å². The van der Waals surface area contributed by atoms with Gasteiger partial charge in [0.1, 0.15) is 5.54 Å². The van der Waals surface area contributed by atoms with Crippen LogP contribution in [0.2, 0.25) is 0 Å². The summed E-state index contributed by atoms with van der Waals surface area (Å²) in [6.45, 7) is 3.73. The van der Waals surface area contributed by atoms with E-state index in [0.29, 0.717) is 17.8 Å². The van der Waals surface area contributed by atoms with Crippen molar-refractivity contribution in [3.05, 3.63) is 57.5 Å². The number of carbonyl (C=O) groups excluding carboxylic acids is 2. The van der Waals surface area contributed by atoms with E-state index in [9.17, 15) is 9.59 Å². The average molecular weight is 452 g/mol. The van der Waals surface area contributed by atoms with Gasteiger partial charge in [-0.25, -0.2) is 9.69 Å². The van der Waals surface area contributed by atoms with E-state index in [1.807, 2.05) is 50.2 Å². The minimum absolute atomic E-state index is 0.208. The highest BCUT2D eigenvalue weighted by molar-refractivity contribution is 9.10. The van der Waals surface area contributed by atoms with Gasteiger partial charge < -0.3 is 0 Å².